The van der Waals surface area contributed by atoms with Crippen molar-refractivity contribution in [3.63, 3.8) is 0 Å². The van der Waals surface area contributed by atoms with Crippen molar-refractivity contribution in [1.29, 1.82) is 0 Å². The van der Waals surface area contributed by atoms with Gasteiger partial charge in [0.05, 0.1) is 16.5 Å². The van der Waals surface area contributed by atoms with Crippen LogP contribution in [0.2, 0.25) is 5.02 Å². The van der Waals surface area contributed by atoms with Crippen LogP contribution in [0.15, 0.2) is 24.3 Å². The minimum absolute atomic E-state index is 0.132. The molecule has 0 spiro atoms. The van der Waals surface area contributed by atoms with Gasteiger partial charge in [0.2, 0.25) is 5.91 Å². The number of urea groups is 1. The lowest BCUT2D eigenvalue weighted by molar-refractivity contribution is -0.126. The highest BCUT2D eigenvalue weighted by Crippen LogP contribution is 2.16. The first-order valence-corrected chi connectivity index (χ1v) is 8.21. The van der Waals surface area contributed by atoms with Crippen LogP contribution in [0.1, 0.15) is 23.2 Å². The van der Waals surface area contributed by atoms with Gasteiger partial charge in [0.25, 0.3) is 5.91 Å². The Balaban J connectivity index is 1.72. The minimum atomic E-state index is -0.500. The zero-order valence-corrected chi connectivity index (χ0v) is 14.0. The number of nitrogens with one attached hydrogen (secondary N) is 2. The van der Waals surface area contributed by atoms with Gasteiger partial charge < -0.3 is 21.3 Å². The third kappa shape index (κ3) is 4.86. The first kappa shape index (κ1) is 18.1. The Morgan fingerprint density at radius 1 is 1.21 bits per heavy atom. The summed E-state index contributed by atoms with van der Waals surface area (Å²) in [4.78, 5) is 36.7. The molecule has 0 aromatic heterocycles. The molecule has 7 nitrogen and oxygen atoms in total. The second-order valence-electron chi connectivity index (χ2n) is 5.65. The molecule has 130 valence electrons. The summed E-state index contributed by atoms with van der Waals surface area (Å²) < 4.78 is 0. The Morgan fingerprint density at radius 3 is 2.62 bits per heavy atom. The number of benzene rings is 1. The van der Waals surface area contributed by atoms with Gasteiger partial charge in [-0.1, -0.05) is 23.7 Å². The maximum atomic E-state index is 12.1. The molecule has 1 saturated heterocycles. The van der Waals surface area contributed by atoms with Crippen LogP contribution in [0.3, 0.4) is 0 Å². The summed E-state index contributed by atoms with van der Waals surface area (Å²) in [6, 6.07) is 6.26. The van der Waals surface area contributed by atoms with Crippen molar-refractivity contribution in [3.05, 3.63) is 34.9 Å². The van der Waals surface area contributed by atoms with Crippen molar-refractivity contribution in [2.75, 3.05) is 26.2 Å². The molecule has 1 fully saturated rings. The van der Waals surface area contributed by atoms with Crippen LogP contribution in [0.4, 0.5) is 4.79 Å². The van der Waals surface area contributed by atoms with Crippen LogP contribution < -0.4 is 16.4 Å². The molecular weight excluding hydrogens is 332 g/mol. The van der Waals surface area contributed by atoms with Crippen LogP contribution in [-0.4, -0.2) is 48.9 Å². The van der Waals surface area contributed by atoms with Gasteiger partial charge in [-0.3, -0.25) is 9.59 Å². The molecule has 1 aromatic rings. The highest BCUT2D eigenvalue weighted by molar-refractivity contribution is 6.33. The zero-order valence-electron chi connectivity index (χ0n) is 13.3. The number of nitrogens with two attached hydrogens (primary N) is 1. The number of amides is 4. The van der Waals surface area contributed by atoms with Crippen molar-refractivity contribution in [1.82, 2.24) is 15.5 Å². The Bertz CT molecular complexity index is 623. The van der Waals surface area contributed by atoms with Gasteiger partial charge in [-0.2, -0.15) is 0 Å². The molecule has 4 amide bonds. The Morgan fingerprint density at radius 2 is 1.92 bits per heavy atom. The van der Waals surface area contributed by atoms with Crippen LogP contribution in [0.25, 0.3) is 0 Å². The van der Waals surface area contributed by atoms with Crippen LogP contribution >= 0.6 is 11.6 Å². The lowest BCUT2D eigenvalue weighted by Gasteiger charge is -2.30. The highest BCUT2D eigenvalue weighted by atomic mass is 35.5. The van der Waals surface area contributed by atoms with Crippen molar-refractivity contribution < 1.29 is 14.4 Å². The predicted molar refractivity (Wildman–Crippen MR) is 90.7 cm³/mol. The summed E-state index contributed by atoms with van der Waals surface area (Å²) >= 11 is 5.95. The van der Waals surface area contributed by atoms with Crippen LogP contribution in [-0.2, 0) is 4.79 Å². The number of likely N-dealkylation sites (tertiary alicyclic amines) is 1. The van der Waals surface area contributed by atoms with Gasteiger partial charge in [0.15, 0.2) is 0 Å². The van der Waals surface area contributed by atoms with Gasteiger partial charge in [0, 0.05) is 26.2 Å². The fourth-order valence-electron chi connectivity index (χ4n) is 2.64. The van der Waals surface area contributed by atoms with Gasteiger partial charge in [-0.15, -0.1) is 0 Å². The number of hydrogen-bond donors (Lipinski definition) is 3. The topological polar surface area (TPSA) is 105 Å². The molecule has 1 atom stereocenters. The fraction of sp³-hybridized carbons (Fsp3) is 0.438. The third-order valence-corrected chi connectivity index (χ3v) is 4.26. The Kier molecular flexibility index (Phi) is 6.43. The Labute approximate surface area is 145 Å². The number of rotatable bonds is 5. The normalized spacial score (nSPS) is 17.2. The van der Waals surface area contributed by atoms with Gasteiger partial charge in [0.1, 0.15) is 0 Å². The maximum absolute atomic E-state index is 12.1. The van der Waals surface area contributed by atoms with E-state index in [1.54, 1.807) is 24.3 Å². The van der Waals surface area contributed by atoms with Crippen molar-refractivity contribution in [2.45, 2.75) is 12.8 Å². The molecule has 0 bridgehead atoms. The summed E-state index contributed by atoms with van der Waals surface area (Å²) in [7, 11) is 0. The summed E-state index contributed by atoms with van der Waals surface area (Å²) in [6.07, 6.45) is 1.48. The molecular formula is C16H21ClN4O3. The SMILES string of the molecule is NC(=O)N1CCC[C@@H](C(=O)NCCNC(=O)c2ccccc2Cl)C1. The Hall–Kier alpha value is -2.28. The van der Waals surface area contributed by atoms with E-state index in [4.69, 9.17) is 17.3 Å². The smallest absolute Gasteiger partial charge is 0.314 e. The van der Waals surface area contributed by atoms with Gasteiger partial charge in [-0.25, -0.2) is 4.79 Å². The molecule has 1 aliphatic heterocycles. The standard InChI is InChI=1S/C16H21ClN4O3/c17-13-6-2-1-5-12(13)15(23)20-8-7-19-14(22)11-4-3-9-21(10-11)16(18)24/h1-2,5-6,11H,3-4,7-10H2,(H2,18,24)(H,19,22)(H,20,23)/t11-/m1/s1. The monoisotopic (exact) mass is 352 g/mol. The molecule has 1 heterocycles. The van der Waals surface area contributed by atoms with Gasteiger partial charge in [-0.05, 0) is 25.0 Å². The van der Waals surface area contributed by atoms with E-state index in [1.165, 1.54) is 4.90 Å². The summed E-state index contributed by atoms with van der Waals surface area (Å²) in [5.74, 6) is -0.675. The maximum Gasteiger partial charge on any atom is 0.314 e. The average Bonchev–Trinajstić information content (AvgIpc) is 2.58. The number of piperidine rings is 1. The van der Waals surface area contributed by atoms with E-state index >= 15 is 0 Å². The number of hydrogen-bond acceptors (Lipinski definition) is 3. The van der Waals surface area contributed by atoms with E-state index in [-0.39, 0.29) is 17.7 Å². The van der Waals surface area contributed by atoms with E-state index in [0.717, 1.165) is 12.8 Å². The van der Waals surface area contributed by atoms with Crippen molar-refractivity contribution in [2.24, 2.45) is 11.7 Å². The molecule has 0 radical (unpaired) electrons. The number of carbonyl (C=O) groups is 3. The van der Waals surface area contributed by atoms with Gasteiger partial charge >= 0.3 is 6.03 Å². The molecule has 0 saturated carbocycles. The first-order chi connectivity index (χ1) is 11.5. The number of halogens is 1. The molecule has 1 aromatic carbocycles. The van der Waals surface area contributed by atoms with E-state index < -0.39 is 6.03 Å². The molecule has 0 aliphatic carbocycles. The number of primary amides is 1. The molecule has 0 unspecified atom stereocenters. The number of carbonyl (C=O) groups excluding carboxylic acids is 3. The third-order valence-electron chi connectivity index (χ3n) is 3.93. The second-order valence-corrected chi connectivity index (χ2v) is 6.06. The molecule has 2 rings (SSSR count). The summed E-state index contributed by atoms with van der Waals surface area (Å²) in [6.45, 7) is 1.53. The van der Waals surface area contributed by atoms with Crippen LogP contribution in [0.5, 0.6) is 0 Å². The molecule has 24 heavy (non-hydrogen) atoms. The molecule has 1 aliphatic rings. The number of nitrogens with zero attached hydrogens (tertiary/aromatic N) is 1. The van der Waals surface area contributed by atoms with Crippen molar-refractivity contribution in [3.8, 4) is 0 Å². The lowest BCUT2D eigenvalue weighted by Crippen LogP contribution is -2.48. The zero-order chi connectivity index (χ0) is 17.5. The minimum Gasteiger partial charge on any atom is -0.354 e. The van der Waals surface area contributed by atoms with Crippen LogP contribution in [0, 0.1) is 5.92 Å². The quantitative estimate of drug-likeness (QED) is 0.688. The van der Waals surface area contributed by atoms with E-state index in [1.807, 2.05) is 0 Å². The average molecular weight is 353 g/mol. The van der Waals surface area contributed by atoms with E-state index in [0.29, 0.717) is 36.8 Å². The van der Waals surface area contributed by atoms with E-state index in [9.17, 15) is 14.4 Å². The highest BCUT2D eigenvalue weighted by Gasteiger charge is 2.27. The summed E-state index contributed by atoms with van der Waals surface area (Å²) in [5.41, 5.74) is 5.65. The molecule has 8 heteroatoms. The molecule has 4 N–H and O–H groups in total. The first-order valence-electron chi connectivity index (χ1n) is 7.84. The second kappa shape index (κ2) is 8.54. The van der Waals surface area contributed by atoms with Crippen molar-refractivity contribution >= 4 is 29.4 Å². The fourth-order valence-corrected chi connectivity index (χ4v) is 2.86. The predicted octanol–water partition coefficient (Wildman–Crippen LogP) is 0.977. The van der Waals surface area contributed by atoms with E-state index in [2.05, 4.69) is 10.6 Å². The lowest BCUT2D eigenvalue weighted by atomic mass is 9.97. The summed E-state index contributed by atoms with van der Waals surface area (Å²) in [5, 5.41) is 5.85. The largest absolute Gasteiger partial charge is 0.354 e.